The van der Waals surface area contributed by atoms with Gasteiger partial charge in [0.1, 0.15) is 0 Å². The molecule has 0 fully saturated rings. The Kier molecular flexibility index (Phi) is 6.73. The van der Waals surface area contributed by atoms with E-state index in [2.05, 4.69) is 16.6 Å². The maximum absolute atomic E-state index is 12.3. The van der Waals surface area contributed by atoms with Gasteiger partial charge in [0.05, 0.1) is 9.79 Å². The maximum Gasteiger partial charge on any atom is 0.255 e. The third-order valence-electron chi connectivity index (χ3n) is 3.74. The van der Waals surface area contributed by atoms with E-state index in [9.17, 15) is 21.6 Å². The van der Waals surface area contributed by atoms with Crippen LogP contribution in [0.2, 0.25) is 0 Å². The van der Waals surface area contributed by atoms with Gasteiger partial charge < -0.3 is 5.32 Å². The minimum absolute atomic E-state index is 0.0316. The number of hydrogen-bond acceptors (Lipinski definition) is 5. The molecule has 2 aromatic carbocycles. The highest BCUT2D eigenvalue weighted by molar-refractivity contribution is 7.89. The lowest BCUT2D eigenvalue weighted by Crippen LogP contribution is -2.23. The molecule has 28 heavy (non-hydrogen) atoms. The van der Waals surface area contributed by atoms with Gasteiger partial charge in [-0.3, -0.25) is 4.79 Å². The molecule has 0 saturated carbocycles. The molecule has 0 spiro atoms. The van der Waals surface area contributed by atoms with Gasteiger partial charge in [-0.05, 0) is 48.5 Å². The smallest absolute Gasteiger partial charge is 0.255 e. The van der Waals surface area contributed by atoms with Crippen molar-refractivity contribution >= 4 is 31.6 Å². The van der Waals surface area contributed by atoms with E-state index in [4.69, 9.17) is 0 Å². The number of benzene rings is 2. The zero-order valence-electron chi connectivity index (χ0n) is 15.4. The van der Waals surface area contributed by atoms with E-state index in [-0.39, 0.29) is 21.9 Å². The van der Waals surface area contributed by atoms with E-state index in [0.717, 1.165) is 4.31 Å². The van der Waals surface area contributed by atoms with E-state index < -0.39 is 26.0 Å². The van der Waals surface area contributed by atoms with Crippen LogP contribution >= 0.6 is 0 Å². The first-order valence-electron chi connectivity index (χ1n) is 8.12. The highest BCUT2D eigenvalue weighted by Gasteiger charge is 2.17. The molecular formula is C18H21N3O5S2. The summed E-state index contributed by atoms with van der Waals surface area (Å²) in [6, 6.07) is 11.2. The molecule has 0 aliphatic carbocycles. The fourth-order valence-electron chi connectivity index (χ4n) is 2.16. The summed E-state index contributed by atoms with van der Waals surface area (Å²) in [4.78, 5) is 12.5. The van der Waals surface area contributed by atoms with Gasteiger partial charge in [0.15, 0.2) is 0 Å². The molecule has 0 heterocycles. The molecule has 1 amide bonds. The molecule has 0 saturated heterocycles. The van der Waals surface area contributed by atoms with Crippen LogP contribution in [-0.2, 0) is 20.0 Å². The van der Waals surface area contributed by atoms with Gasteiger partial charge in [0.2, 0.25) is 20.0 Å². The van der Waals surface area contributed by atoms with Crippen molar-refractivity contribution in [3.8, 4) is 0 Å². The molecule has 10 heteroatoms. The molecule has 2 N–H and O–H groups in total. The summed E-state index contributed by atoms with van der Waals surface area (Å²) in [5.74, 6) is -0.453. The minimum atomic E-state index is -3.66. The molecular weight excluding hydrogens is 402 g/mol. The van der Waals surface area contributed by atoms with Crippen LogP contribution in [0.3, 0.4) is 0 Å². The molecule has 0 aliphatic rings. The van der Waals surface area contributed by atoms with Crippen LogP contribution in [0.5, 0.6) is 0 Å². The number of anilines is 1. The molecule has 0 unspecified atom stereocenters. The Bertz CT molecular complexity index is 1060. The Labute approximate surface area is 165 Å². The fraction of sp³-hybridized carbons (Fsp3) is 0.167. The third-order valence-corrected chi connectivity index (χ3v) is 7.00. The third kappa shape index (κ3) is 5.04. The van der Waals surface area contributed by atoms with Gasteiger partial charge in [0, 0.05) is 31.9 Å². The summed E-state index contributed by atoms with van der Waals surface area (Å²) in [5.41, 5.74) is 0.666. The largest absolute Gasteiger partial charge is 0.322 e. The molecule has 2 rings (SSSR count). The first kappa shape index (κ1) is 21.8. The minimum Gasteiger partial charge on any atom is -0.322 e. The molecule has 8 nitrogen and oxygen atoms in total. The lowest BCUT2D eigenvalue weighted by molar-refractivity contribution is 0.102. The summed E-state index contributed by atoms with van der Waals surface area (Å²) in [6.07, 6.45) is 1.43. The van der Waals surface area contributed by atoms with Crippen LogP contribution in [0.1, 0.15) is 10.4 Å². The second kappa shape index (κ2) is 8.65. The van der Waals surface area contributed by atoms with Gasteiger partial charge in [-0.2, -0.15) is 0 Å². The molecule has 2 aromatic rings. The Hall–Kier alpha value is -2.53. The Balaban J connectivity index is 2.12. The standard InChI is InChI=1S/C18H21N3O5S2/c1-4-13-19-27(23,24)16-9-5-14(6-10-16)18(22)20-15-7-11-17(12-8-15)28(25,26)21(2)3/h4-12,19H,1,13H2,2-3H3,(H,20,22). The quantitative estimate of drug-likeness (QED) is 0.627. The number of nitrogens with one attached hydrogen (secondary N) is 2. The number of nitrogens with zero attached hydrogens (tertiary/aromatic N) is 1. The van der Waals surface area contributed by atoms with Crippen LogP contribution in [-0.4, -0.2) is 47.7 Å². The molecule has 0 bridgehead atoms. The fourth-order valence-corrected chi connectivity index (χ4v) is 4.06. The van der Waals surface area contributed by atoms with Crippen molar-refractivity contribution in [1.29, 1.82) is 0 Å². The van der Waals surface area contributed by atoms with E-state index in [1.165, 1.54) is 68.7 Å². The normalized spacial score (nSPS) is 12.0. The van der Waals surface area contributed by atoms with E-state index in [0.29, 0.717) is 5.69 Å². The Morgan fingerprint density at radius 2 is 1.50 bits per heavy atom. The van der Waals surface area contributed by atoms with Crippen molar-refractivity contribution in [2.75, 3.05) is 26.0 Å². The number of hydrogen-bond donors (Lipinski definition) is 2. The molecule has 150 valence electrons. The molecule has 0 atom stereocenters. The van der Waals surface area contributed by atoms with Crippen molar-refractivity contribution < 1.29 is 21.6 Å². The molecule has 0 aromatic heterocycles. The Morgan fingerprint density at radius 3 is 2.00 bits per heavy atom. The van der Waals surface area contributed by atoms with Crippen molar-refractivity contribution in [2.45, 2.75) is 9.79 Å². The lowest BCUT2D eigenvalue weighted by Gasteiger charge is -2.12. The molecule has 0 aliphatic heterocycles. The number of rotatable bonds is 8. The van der Waals surface area contributed by atoms with Gasteiger partial charge in [-0.1, -0.05) is 6.08 Å². The van der Waals surface area contributed by atoms with E-state index >= 15 is 0 Å². The summed E-state index contributed by atoms with van der Waals surface area (Å²) >= 11 is 0. The van der Waals surface area contributed by atoms with Crippen LogP contribution in [0.4, 0.5) is 5.69 Å². The van der Waals surface area contributed by atoms with Crippen LogP contribution < -0.4 is 10.0 Å². The van der Waals surface area contributed by atoms with Crippen molar-refractivity contribution in [1.82, 2.24) is 9.03 Å². The van der Waals surface area contributed by atoms with Gasteiger partial charge in [-0.25, -0.2) is 25.9 Å². The average Bonchev–Trinajstić information content (AvgIpc) is 2.67. The average molecular weight is 424 g/mol. The topological polar surface area (TPSA) is 113 Å². The monoisotopic (exact) mass is 423 g/mol. The van der Waals surface area contributed by atoms with Crippen molar-refractivity contribution in [3.63, 3.8) is 0 Å². The number of sulfonamides is 2. The summed E-state index contributed by atoms with van der Waals surface area (Å²) in [5, 5.41) is 2.63. The number of amides is 1. The van der Waals surface area contributed by atoms with E-state index in [1.54, 1.807) is 0 Å². The Morgan fingerprint density at radius 1 is 0.964 bits per heavy atom. The predicted octanol–water partition coefficient (Wildman–Crippen LogP) is 1.65. The molecule has 0 radical (unpaired) electrons. The summed E-state index contributed by atoms with van der Waals surface area (Å²) in [7, 11) is -4.35. The second-order valence-electron chi connectivity index (χ2n) is 5.93. The predicted molar refractivity (Wildman–Crippen MR) is 107 cm³/mol. The van der Waals surface area contributed by atoms with Gasteiger partial charge in [-0.15, -0.1) is 6.58 Å². The summed E-state index contributed by atoms with van der Waals surface area (Å²) in [6.45, 7) is 3.55. The lowest BCUT2D eigenvalue weighted by atomic mass is 10.2. The van der Waals surface area contributed by atoms with Crippen LogP contribution in [0.15, 0.2) is 71.0 Å². The van der Waals surface area contributed by atoms with Crippen molar-refractivity contribution in [2.24, 2.45) is 0 Å². The van der Waals surface area contributed by atoms with Crippen LogP contribution in [0, 0.1) is 0 Å². The van der Waals surface area contributed by atoms with Gasteiger partial charge >= 0.3 is 0 Å². The summed E-state index contributed by atoms with van der Waals surface area (Å²) < 4.78 is 51.6. The number of carbonyl (C=O) groups is 1. The highest BCUT2D eigenvalue weighted by Crippen LogP contribution is 2.18. The maximum atomic E-state index is 12.3. The second-order valence-corrected chi connectivity index (χ2v) is 9.85. The SMILES string of the molecule is C=CCNS(=O)(=O)c1ccc(C(=O)Nc2ccc(S(=O)(=O)N(C)C)cc2)cc1. The zero-order valence-corrected chi connectivity index (χ0v) is 17.0. The highest BCUT2D eigenvalue weighted by atomic mass is 32.2. The van der Waals surface area contributed by atoms with Gasteiger partial charge in [0.25, 0.3) is 5.91 Å². The number of carbonyl (C=O) groups excluding carboxylic acids is 1. The van der Waals surface area contributed by atoms with Crippen molar-refractivity contribution in [3.05, 3.63) is 66.7 Å². The zero-order chi connectivity index (χ0) is 20.9. The van der Waals surface area contributed by atoms with Crippen LogP contribution in [0.25, 0.3) is 0 Å². The first-order valence-corrected chi connectivity index (χ1v) is 11.0. The first-order chi connectivity index (χ1) is 13.1. The van der Waals surface area contributed by atoms with E-state index in [1.807, 2.05) is 0 Å².